The minimum atomic E-state index is -3.01. The summed E-state index contributed by atoms with van der Waals surface area (Å²) in [4.78, 5) is 46.2. The molecule has 0 spiro atoms. The van der Waals surface area contributed by atoms with Gasteiger partial charge in [-0.25, -0.2) is 14.4 Å². The van der Waals surface area contributed by atoms with Gasteiger partial charge in [0.1, 0.15) is 5.52 Å². The molecular weight excluding hydrogens is 487 g/mol. The van der Waals surface area contributed by atoms with Crippen molar-refractivity contribution >= 4 is 34.8 Å². The normalized spacial score (nSPS) is 25.4. The molecule has 0 unspecified atom stereocenters. The number of carbonyl (C=O) groups is 3. The van der Waals surface area contributed by atoms with Gasteiger partial charge in [0.15, 0.2) is 18.5 Å². The Kier molecular flexibility index (Phi) is 7.78. The first-order chi connectivity index (χ1) is 17.3. The number of halogens is 1. The molecule has 11 nitrogen and oxygen atoms in total. The molecule has 0 bridgehead atoms. The second-order valence-corrected chi connectivity index (χ2v) is 9.73. The zero-order valence-corrected chi connectivity index (χ0v) is 21.6. The van der Waals surface area contributed by atoms with Crippen LogP contribution < -0.4 is 5.73 Å². The summed E-state index contributed by atoms with van der Waals surface area (Å²) in [6.45, 7) is 8.28. The minimum absolute atomic E-state index is 0.141. The highest BCUT2D eigenvalue weighted by Crippen LogP contribution is 2.50. The second-order valence-electron chi connectivity index (χ2n) is 9.73. The van der Waals surface area contributed by atoms with E-state index >= 15 is 4.39 Å². The SMILES string of the molecule is C#C[C@]1(OC(=O)C(C)C)[C@H](n2cnc3c(N)ccnc32)O[C@](F)(COC(=O)C(C)C)[C@H]1OC(=O)C(C)C. The maximum Gasteiger partial charge on any atom is 0.310 e. The average Bonchev–Trinajstić information content (AvgIpc) is 3.36. The number of nitrogens with two attached hydrogens (primary N) is 1. The van der Waals surface area contributed by atoms with Gasteiger partial charge in [0.05, 0.1) is 29.8 Å². The predicted octanol–water partition coefficient (Wildman–Crippen LogP) is 2.55. The van der Waals surface area contributed by atoms with Crippen LogP contribution in [-0.2, 0) is 33.3 Å². The molecule has 0 radical (unpaired) electrons. The molecule has 200 valence electrons. The first-order valence-corrected chi connectivity index (χ1v) is 11.8. The van der Waals surface area contributed by atoms with Crippen molar-refractivity contribution in [2.45, 2.75) is 65.3 Å². The van der Waals surface area contributed by atoms with Crippen LogP contribution >= 0.6 is 0 Å². The summed E-state index contributed by atoms with van der Waals surface area (Å²) in [7, 11) is 0. The van der Waals surface area contributed by atoms with E-state index in [1.807, 2.05) is 0 Å². The third-order valence-electron chi connectivity index (χ3n) is 5.75. The molecular formula is C25H31FN4O7. The van der Waals surface area contributed by atoms with Crippen molar-refractivity contribution in [3.63, 3.8) is 0 Å². The number of ether oxygens (including phenoxy) is 4. The molecule has 0 saturated carbocycles. The highest BCUT2D eigenvalue weighted by Gasteiger charge is 2.71. The molecule has 2 aromatic heterocycles. The van der Waals surface area contributed by atoms with Crippen molar-refractivity contribution in [2.24, 2.45) is 17.8 Å². The van der Waals surface area contributed by atoms with Crippen LogP contribution in [-0.4, -0.2) is 56.6 Å². The number of nitrogen functional groups attached to an aromatic ring is 1. The fourth-order valence-electron chi connectivity index (χ4n) is 3.61. The Hall–Kier alpha value is -3.72. The lowest BCUT2D eigenvalue weighted by atomic mass is 9.92. The maximum atomic E-state index is 16.7. The topological polar surface area (TPSA) is 145 Å². The number of imidazole rings is 1. The molecule has 3 rings (SSSR count). The lowest BCUT2D eigenvalue weighted by Crippen LogP contribution is -2.55. The van der Waals surface area contributed by atoms with E-state index in [1.54, 1.807) is 27.7 Å². The fourth-order valence-corrected chi connectivity index (χ4v) is 3.61. The van der Waals surface area contributed by atoms with Gasteiger partial charge in [0, 0.05) is 6.20 Å². The van der Waals surface area contributed by atoms with Gasteiger partial charge in [-0.15, -0.1) is 6.42 Å². The second kappa shape index (κ2) is 10.3. The number of carbonyl (C=O) groups excluding carboxylic acids is 3. The monoisotopic (exact) mass is 518 g/mol. The number of hydrogen-bond donors (Lipinski definition) is 1. The van der Waals surface area contributed by atoms with Crippen molar-refractivity contribution in [1.29, 1.82) is 0 Å². The van der Waals surface area contributed by atoms with Crippen LogP contribution in [0.1, 0.15) is 47.8 Å². The number of hydrogen-bond acceptors (Lipinski definition) is 10. The summed E-state index contributed by atoms with van der Waals surface area (Å²) in [5, 5.41) is 0. The Morgan fingerprint density at radius 3 is 2.32 bits per heavy atom. The van der Waals surface area contributed by atoms with Gasteiger partial charge in [-0.1, -0.05) is 41.5 Å². The predicted molar refractivity (Wildman–Crippen MR) is 129 cm³/mol. The summed E-state index contributed by atoms with van der Waals surface area (Å²) >= 11 is 0. The first-order valence-electron chi connectivity index (χ1n) is 11.8. The maximum absolute atomic E-state index is 16.7. The van der Waals surface area contributed by atoms with Gasteiger partial charge in [-0.2, -0.15) is 0 Å². The summed E-state index contributed by atoms with van der Waals surface area (Å²) < 4.78 is 40.1. The van der Waals surface area contributed by atoms with Crippen LogP contribution in [0.5, 0.6) is 0 Å². The number of anilines is 1. The van der Waals surface area contributed by atoms with Crippen LogP contribution in [0.15, 0.2) is 18.6 Å². The number of terminal acetylenes is 1. The van der Waals surface area contributed by atoms with Crippen molar-refractivity contribution in [1.82, 2.24) is 14.5 Å². The summed E-state index contributed by atoms with van der Waals surface area (Å²) in [5.74, 6) is -5.06. The van der Waals surface area contributed by atoms with E-state index in [1.165, 1.54) is 37.0 Å². The van der Waals surface area contributed by atoms with Crippen molar-refractivity contribution < 1.29 is 37.7 Å². The van der Waals surface area contributed by atoms with Crippen molar-refractivity contribution in [3.8, 4) is 12.3 Å². The quantitative estimate of drug-likeness (QED) is 0.314. The Balaban J connectivity index is 2.23. The van der Waals surface area contributed by atoms with E-state index in [0.29, 0.717) is 0 Å². The number of esters is 3. The van der Waals surface area contributed by atoms with E-state index in [2.05, 4.69) is 15.9 Å². The molecule has 3 heterocycles. The number of nitrogens with zero attached hydrogens (tertiary/aromatic N) is 3. The van der Waals surface area contributed by atoms with E-state index in [-0.39, 0.29) is 16.9 Å². The number of alkyl halides is 1. The third kappa shape index (κ3) is 5.09. The lowest BCUT2D eigenvalue weighted by Gasteiger charge is -2.34. The molecule has 37 heavy (non-hydrogen) atoms. The molecule has 1 saturated heterocycles. The summed E-state index contributed by atoms with van der Waals surface area (Å²) in [5.41, 5.74) is 4.32. The number of fused-ring (bicyclic) bond motifs is 1. The van der Waals surface area contributed by atoms with Gasteiger partial charge in [0.25, 0.3) is 11.5 Å². The molecule has 2 N–H and O–H groups in total. The van der Waals surface area contributed by atoms with E-state index < -0.39 is 66.1 Å². The first kappa shape index (κ1) is 27.9. The van der Waals surface area contributed by atoms with E-state index in [4.69, 9.17) is 31.1 Å². The molecule has 1 aliphatic heterocycles. The zero-order chi connectivity index (χ0) is 27.7. The van der Waals surface area contributed by atoms with E-state index in [0.717, 1.165) is 0 Å². The Morgan fingerprint density at radius 1 is 1.14 bits per heavy atom. The van der Waals surface area contributed by atoms with Gasteiger partial charge >= 0.3 is 17.9 Å². The molecule has 1 aliphatic rings. The Labute approximate surface area is 213 Å². The molecule has 1 fully saturated rings. The van der Waals surface area contributed by atoms with Crippen LogP contribution in [0, 0.1) is 30.1 Å². The van der Waals surface area contributed by atoms with Gasteiger partial charge in [-0.3, -0.25) is 19.0 Å². The smallest absolute Gasteiger partial charge is 0.310 e. The zero-order valence-electron chi connectivity index (χ0n) is 21.6. The van der Waals surface area contributed by atoms with E-state index in [9.17, 15) is 14.4 Å². The number of aromatic nitrogens is 3. The highest BCUT2D eigenvalue weighted by molar-refractivity contribution is 5.84. The lowest BCUT2D eigenvalue weighted by molar-refractivity contribution is -0.226. The van der Waals surface area contributed by atoms with Gasteiger partial charge in [0.2, 0.25) is 6.10 Å². The molecule has 0 amide bonds. The molecule has 2 aromatic rings. The molecule has 0 aliphatic carbocycles. The van der Waals surface area contributed by atoms with Crippen LogP contribution in [0.4, 0.5) is 10.1 Å². The molecule has 12 heteroatoms. The average molecular weight is 519 g/mol. The molecule has 4 atom stereocenters. The van der Waals surface area contributed by atoms with Gasteiger partial charge < -0.3 is 24.7 Å². The Morgan fingerprint density at radius 2 is 1.76 bits per heavy atom. The fraction of sp³-hybridized carbons (Fsp3) is 0.560. The summed E-state index contributed by atoms with van der Waals surface area (Å²) in [6, 6.07) is 1.51. The minimum Gasteiger partial charge on any atom is -0.459 e. The number of rotatable bonds is 8. The standard InChI is InChI=1S/C25H31FN4O7/c1-8-24(36-21(33)15(6)7)22(35-20(32)14(4)5)25(26,11-34-19(31)13(2)3)37-23(24)30-12-29-17-16(27)9-10-28-18(17)30/h1,9-10,12-15,22-23H,11H2,2-7H3,(H2,27,28)/t22-,23+,24+,25+/m0/s1. The van der Waals surface area contributed by atoms with Crippen molar-refractivity contribution in [2.75, 3.05) is 12.3 Å². The largest absolute Gasteiger partial charge is 0.459 e. The van der Waals surface area contributed by atoms with Crippen LogP contribution in [0.25, 0.3) is 11.2 Å². The summed E-state index contributed by atoms with van der Waals surface area (Å²) in [6.07, 6.45) is 4.88. The van der Waals surface area contributed by atoms with Crippen molar-refractivity contribution in [3.05, 3.63) is 18.6 Å². The van der Waals surface area contributed by atoms with Crippen LogP contribution in [0.3, 0.4) is 0 Å². The number of pyridine rings is 1. The van der Waals surface area contributed by atoms with Gasteiger partial charge in [-0.05, 0) is 12.0 Å². The highest BCUT2D eigenvalue weighted by atomic mass is 19.2. The molecule has 0 aromatic carbocycles. The Bertz CT molecular complexity index is 1240. The van der Waals surface area contributed by atoms with Crippen LogP contribution in [0.2, 0.25) is 0 Å². The third-order valence-corrected chi connectivity index (χ3v) is 5.75.